The number of aryl methyl sites for hydroxylation is 1. The van der Waals surface area contributed by atoms with Crippen LogP contribution in [0.4, 0.5) is 4.39 Å². The number of aromatic carboxylic acids is 1. The monoisotopic (exact) mass is 235 g/mol. The highest BCUT2D eigenvalue weighted by molar-refractivity contribution is 5.89. The van der Waals surface area contributed by atoms with E-state index in [9.17, 15) is 9.18 Å². The molecule has 0 aliphatic carbocycles. The minimum absolute atomic E-state index is 0.372. The molecule has 0 saturated carbocycles. The molecular weight excluding hydrogens is 225 g/mol. The van der Waals surface area contributed by atoms with Gasteiger partial charge in [-0.25, -0.2) is 14.2 Å². The summed E-state index contributed by atoms with van der Waals surface area (Å²) in [5, 5.41) is 8.80. The number of carboxylic acid groups (broad SMARTS) is 1. The summed E-state index contributed by atoms with van der Waals surface area (Å²) >= 11 is 0. The molecule has 0 amide bonds. The molecule has 1 N–H and O–H groups in total. The predicted octanol–water partition coefficient (Wildman–Crippen LogP) is 2.74. The van der Waals surface area contributed by atoms with Crippen molar-refractivity contribution < 1.29 is 18.7 Å². The van der Waals surface area contributed by atoms with E-state index in [4.69, 9.17) is 9.52 Å². The largest absolute Gasteiger partial charge is 0.478 e. The Morgan fingerprint density at radius 1 is 1.53 bits per heavy atom. The van der Waals surface area contributed by atoms with Crippen LogP contribution in [-0.4, -0.2) is 16.1 Å². The second-order valence-corrected chi connectivity index (χ2v) is 3.48. The van der Waals surface area contributed by atoms with Gasteiger partial charge in [0.25, 0.3) is 0 Å². The van der Waals surface area contributed by atoms with Crippen molar-refractivity contribution in [2.45, 2.75) is 13.3 Å². The second kappa shape index (κ2) is 4.37. The molecular formula is C12H10FNO3. The van der Waals surface area contributed by atoms with E-state index in [1.165, 1.54) is 18.4 Å². The molecule has 88 valence electrons. The maximum absolute atomic E-state index is 13.2. The molecule has 2 aromatic rings. The minimum Gasteiger partial charge on any atom is -0.478 e. The molecule has 0 radical (unpaired) electrons. The van der Waals surface area contributed by atoms with Crippen molar-refractivity contribution in [2.24, 2.45) is 0 Å². The van der Waals surface area contributed by atoms with Gasteiger partial charge in [-0.15, -0.1) is 0 Å². The van der Waals surface area contributed by atoms with Crippen LogP contribution in [0.25, 0.3) is 11.3 Å². The Balaban J connectivity index is 2.46. The number of carbonyl (C=O) groups is 1. The van der Waals surface area contributed by atoms with Gasteiger partial charge in [-0.3, -0.25) is 0 Å². The van der Waals surface area contributed by atoms with Gasteiger partial charge in [0.2, 0.25) is 0 Å². The molecule has 0 aliphatic heterocycles. The first kappa shape index (κ1) is 11.3. The lowest BCUT2D eigenvalue weighted by atomic mass is 10.1. The first-order valence-electron chi connectivity index (χ1n) is 5.09. The van der Waals surface area contributed by atoms with E-state index in [0.29, 0.717) is 23.6 Å². The second-order valence-electron chi connectivity index (χ2n) is 3.48. The number of nitrogens with zero attached hydrogens (tertiary/aromatic N) is 1. The van der Waals surface area contributed by atoms with E-state index in [1.54, 1.807) is 0 Å². The quantitative estimate of drug-likeness (QED) is 0.888. The predicted molar refractivity (Wildman–Crippen MR) is 58.2 cm³/mol. The van der Waals surface area contributed by atoms with Crippen LogP contribution in [0, 0.1) is 5.82 Å². The van der Waals surface area contributed by atoms with Crippen molar-refractivity contribution >= 4 is 5.97 Å². The van der Waals surface area contributed by atoms with E-state index < -0.39 is 11.8 Å². The van der Waals surface area contributed by atoms with Gasteiger partial charge in [-0.2, -0.15) is 0 Å². The molecule has 0 spiro atoms. The Kier molecular flexibility index (Phi) is 2.91. The van der Waals surface area contributed by atoms with Crippen LogP contribution < -0.4 is 0 Å². The van der Waals surface area contributed by atoms with Gasteiger partial charge in [0.05, 0.1) is 5.56 Å². The van der Waals surface area contributed by atoms with Crippen LogP contribution in [0.2, 0.25) is 0 Å². The lowest BCUT2D eigenvalue weighted by Crippen LogP contribution is -2.00. The molecule has 1 aromatic carbocycles. The lowest BCUT2D eigenvalue weighted by molar-refractivity contribution is 0.0692. The van der Waals surface area contributed by atoms with Crippen molar-refractivity contribution in [1.82, 2.24) is 4.98 Å². The first-order chi connectivity index (χ1) is 8.11. The first-order valence-corrected chi connectivity index (χ1v) is 5.09. The van der Waals surface area contributed by atoms with Gasteiger partial charge in [0.1, 0.15) is 17.8 Å². The molecule has 4 nitrogen and oxygen atoms in total. The number of benzene rings is 1. The van der Waals surface area contributed by atoms with E-state index in [1.807, 2.05) is 6.92 Å². The summed E-state index contributed by atoms with van der Waals surface area (Å²) in [4.78, 5) is 14.9. The molecule has 0 unspecified atom stereocenters. The standard InChI is InChI=1S/C12H10FNO3/c1-2-11-14-10(6-17-11)7-3-4-9(13)8(5-7)12(15)16/h3-6H,2H2,1H3,(H,15,16). The maximum Gasteiger partial charge on any atom is 0.338 e. The number of aromatic nitrogens is 1. The smallest absolute Gasteiger partial charge is 0.338 e. The van der Waals surface area contributed by atoms with Crippen LogP contribution in [0.3, 0.4) is 0 Å². The van der Waals surface area contributed by atoms with Crippen LogP contribution in [0.15, 0.2) is 28.9 Å². The molecule has 2 rings (SSSR count). The molecule has 0 aliphatic rings. The molecule has 1 heterocycles. The summed E-state index contributed by atoms with van der Waals surface area (Å²) in [6.07, 6.45) is 2.07. The topological polar surface area (TPSA) is 63.3 Å². The van der Waals surface area contributed by atoms with Crippen LogP contribution in [0.5, 0.6) is 0 Å². The van der Waals surface area contributed by atoms with Gasteiger partial charge in [0.15, 0.2) is 5.89 Å². The number of oxazole rings is 1. The zero-order valence-corrected chi connectivity index (χ0v) is 9.11. The minimum atomic E-state index is -1.30. The Morgan fingerprint density at radius 2 is 2.29 bits per heavy atom. The Hall–Kier alpha value is -2.17. The third kappa shape index (κ3) is 2.18. The Morgan fingerprint density at radius 3 is 2.88 bits per heavy atom. The van der Waals surface area contributed by atoms with E-state index in [2.05, 4.69) is 4.98 Å². The van der Waals surface area contributed by atoms with E-state index in [0.717, 1.165) is 6.07 Å². The summed E-state index contributed by atoms with van der Waals surface area (Å²) in [7, 11) is 0. The van der Waals surface area contributed by atoms with Gasteiger partial charge in [-0.1, -0.05) is 6.92 Å². The van der Waals surface area contributed by atoms with Crippen LogP contribution >= 0.6 is 0 Å². The van der Waals surface area contributed by atoms with Crippen molar-refractivity contribution in [1.29, 1.82) is 0 Å². The summed E-state index contributed by atoms with van der Waals surface area (Å²) in [6, 6.07) is 3.83. The molecule has 5 heteroatoms. The summed E-state index contributed by atoms with van der Waals surface area (Å²) in [5.74, 6) is -1.51. The van der Waals surface area contributed by atoms with Gasteiger partial charge in [-0.05, 0) is 18.2 Å². The Bertz CT molecular complexity index is 563. The van der Waals surface area contributed by atoms with Crippen molar-refractivity contribution in [2.75, 3.05) is 0 Å². The number of hydrogen-bond donors (Lipinski definition) is 1. The van der Waals surface area contributed by atoms with Crippen LogP contribution in [-0.2, 0) is 6.42 Å². The zero-order valence-electron chi connectivity index (χ0n) is 9.11. The zero-order chi connectivity index (χ0) is 12.4. The number of rotatable bonds is 3. The molecule has 0 fully saturated rings. The summed E-state index contributed by atoms with van der Waals surface area (Å²) in [5.41, 5.74) is 0.653. The third-order valence-electron chi connectivity index (χ3n) is 2.35. The van der Waals surface area contributed by atoms with Crippen LogP contribution in [0.1, 0.15) is 23.2 Å². The third-order valence-corrected chi connectivity index (χ3v) is 2.35. The van der Waals surface area contributed by atoms with Crippen molar-refractivity contribution in [3.63, 3.8) is 0 Å². The van der Waals surface area contributed by atoms with Gasteiger partial charge < -0.3 is 9.52 Å². The fourth-order valence-corrected chi connectivity index (χ4v) is 1.45. The molecule has 0 atom stereocenters. The van der Waals surface area contributed by atoms with Gasteiger partial charge in [0, 0.05) is 12.0 Å². The maximum atomic E-state index is 13.2. The average Bonchev–Trinajstić information content (AvgIpc) is 2.78. The van der Waals surface area contributed by atoms with E-state index >= 15 is 0 Å². The highest BCUT2D eigenvalue weighted by Gasteiger charge is 2.13. The fourth-order valence-electron chi connectivity index (χ4n) is 1.45. The van der Waals surface area contributed by atoms with Gasteiger partial charge >= 0.3 is 5.97 Å². The summed E-state index contributed by atoms with van der Waals surface area (Å²) < 4.78 is 18.3. The normalized spacial score (nSPS) is 10.5. The molecule has 0 bridgehead atoms. The highest BCUT2D eigenvalue weighted by Crippen LogP contribution is 2.21. The lowest BCUT2D eigenvalue weighted by Gasteiger charge is -2.00. The number of carboxylic acids is 1. The molecule has 0 saturated heterocycles. The average molecular weight is 235 g/mol. The highest BCUT2D eigenvalue weighted by atomic mass is 19.1. The number of hydrogen-bond acceptors (Lipinski definition) is 3. The van der Waals surface area contributed by atoms with E-state index in [-0.39, 0.29) is 5.56 Å². The SMILES string of the molecule is CCc1nc(-c2ccc(F)c(C(=O)O)c2)co1. The number of halogens is 1. The van der Waals surface area contributed by atoms with Crippen molar-refractivity contribution in [3.8, 4) is 11.3 Å². The van der Waals surface area contributed by atoms with Crippen molar-refractivity contribution in [3.05, 3.63) is 41.7 Å². The fraction of sp³-hybridized carbons (Fsp3) is 0.167. The Labute approximate surface area is 96.7 Å². The molecule has 1 aromatic heterocycles. The summed E-state index contributed by atoms with van der Waals surface area (Å²) in [6.45, 7) is 1.89. The molecule has 17 heavy (non-hydrogen) atoms.